The fraction of sp³-hybridized carbons (Fsp3) is 0.179. The third kappa shape index (κ3) is 5.28. The van der Waals surface area contributed by atoms with E-state index in [1.54, 1.807) is 30.3 Å². The topological polar surface area (TPSA) is 173 Å². The molecule has 0 aliphatic carbocycles. The molecule has 0 aliphatic rings. The Kier molecular flexibility index (Phi) is 7.61. The van der Waals surface area contributed by atoms with Gasteiger partial charge in [-0.1, -0.05) is 36.4 Å². The summed E-state index contributed by atoms with van der Waals surface area (Å²) in [5.74, 6) is -5.34. The summed E-state index contributed by atoms with van der Waals surface area (Å²) in [7, 11) is 2.50. The molecule has 0 amide bonds. The number of methoxy groups -OCH3 is 2. The maximum Gasteiger partial charge on any atom is 0.341 e. The van der Waals surface area contributed by atoms with Gasteiger partial charge in [-0.3, -0.25) is 9.59 Å². The van der Waals surface area contributed by atoms with Crippen molar-refractivity contribution in [2.24, 2.45) is 0 Å². The van der Waals surface area contributed by atoms with Crippen molar-refractivity contribution in [1.29, 1.82) is 0 Å². The van der Waals surface area contributed by atoms with Crippen LogP contribution in [0.25, 0.3) is 22.3 Å². The van der Waals surface area contributed by atoms with E-state index >= 15 is 0 Å². The summed E-state index contributed by atoms with van der Waals surface area (Å²) in [5, 5.41) is 40.7. The Morgan fingerprint density at radius 3 is 2.28 bits per heavy atom. The van der Waals surface area contributed by atoms with E-state index < -0.39 is 52.5 Å². The van der Waals surface area contributed by atoms with Crippen molar-refractivity contribution in [1.82, 2.24) is 0 Å². The first-order valence-corrected chi connectivity index (χ1v) is 11.6. The van der Waals surface area contributed by atoms with Crippen molar-refractivity contribution >= 4 is 22.9 Å². The van der Waals surface area contributed by atoms with Gasteiger partial charge in [0.05, 0.1) is 20.6 Å². The van der Waals surface area contributed by atoms with Gasteiger partial charge in [-0.15, -0.1) is 0 Å². The van der Waals surface area contributed by atoms with E-state index in [4.69, 9.17) is 23.7 Å². The lowest BCUT2D eigenvalue weighted by molar-refractivity contribution is -0.141. The predicted molar refractivity (Wildman–Crippen MR) is 138 cm³/mol. The summed E-state index contributed by atoms with van der Waals surface area (Å²) in [6.07, 6.45) is -0.388. The second-order valence-corrected chi connectivity index (χ2v) is 8.43. The molecule has 4 aromatic rings. The first-order chi connectivity index (χ1) is 18.7. The highest BCUT2D eigenvalue weighted by molar-refractivity contribution is 5.93. The molecule has 11 heteroatoms. The smallest absolute Gasteiger partial charge is 0.341 e. The number of carboxylic acids is 1. The Bertz CT molecular complexity index is 1610. The van der Waals surface area contributed by atoms with Crippen LogP contribution in [0.4, 0.5) is 0 Å². The van der Waals surface area contributed by atoms with Crippen LogP contribution in [0.3, 0.4) is 0 Å². The number of phenolic OH excluding ortho intramolecular Hbond substituents is 3. The van der Waals surface area contributed by atoms with E-state index in [1.807, 2.05) is 0 Å². The van der Waals surface area contributed by atoms with Crippen molar-refractivity contribution < 1.29 is 48.6 Å². The molecule has 1 atom stereocenters. The van der Waals surface area contributed by atoms with Gasteiger partial charge in [0, 0.05) is 23.1 Å². The molecule has 1 aromatic heterocycles. The number of carbonyl (C=O) groups is 2. The van der Waals surface area contributed by atoms with Gasteiger partial charge >= 0.3 is 11.9 Å². The predicted octanol–water partition coefficient (Wildman–Crippen LogP) is 3.74. The number of rotatable bonds is 9. The number of hydrogen-bond donors (Lipinski definition) is 4. The quantitative estimate of drug-likeness (QED) is 0.181. The van der Waals surface area contributed by atoms with Gasteiger partial charge in [0.2, 0.25) is 5.75 Å². The fourth-order valence-electron chi connectivity index (χ4n) is 4.24. The molecule has 0 saturated heterocycles. The zero-order valence-electron chi connectivity index (χ0n) is 20.8. The van der Waals surface area contributed by atoms with Crippen LogP contribution in [-0.4, -0.2) is 53.2 Å². The van der Waals surface area contributed by atoms with Crippen molar-refractivity contribution in [2.75, 3.05) is 20.8 Å². The van der Waals surface area contributed by atoms with E-state index in [-0.39, 0.29) is 34.8 Å². The molecule has 0 unspecified atom stereocenters. The van der Waals surface area contributed by atoms with Crippen molar-refractivity contribution in [3.63, 3.8) is 0 Å². The second kappa shape index (κ2) is 11.1. The third-order valence-corrected chi connectivity index (χ3v) is 6.08. The van der Waals surface area contributed by atoms with E-state index in [0.717, 1.165) is 6.07 Å². The largest absolute Gasteiger partial charge is 0.504 e. The van der Waals surface area contributed by atoms with Gasteiger partial charge in [-0.25, -0.2) is 4.79 Å². The lowest BCUT2D eigenvalue weighted by Crippen LogP contribution is -2.13. The zero-order valence-corrected chi connectivity index (χ0v) is 20.8. The Labute approximate surface area is 221 Å². The highest BCUT2D eigenvalue weighted by Gasteiger charge is 2.31. The second-order valence-electron chi connectivity index (χ2n) is 8.43. The van der Waals surface area contributed by atoms with Crippen LogP contribution < -0.4 is 14.9 Å². The number of ether oxygens (including phenoxy) is 3. The Hall–Kier alpha value is -5.19. The van der Waals surface area contributed by atoms with E-state index in [0.29, 0.717) is 11.1 Å². The molecule has 0 aliphatic heterocycles. The van der Waals surface area contributed by atoms with Crippen LogP contribution >= 0.6 is 0 Å². The molecule has 0 spiro atoms. The molecular weight excluding hydrogens is 512 g/mol. The number of hydrogen-bond acceptors (Lipinski definition) is 10. The van der Waals surface area contributed by atoms with Gasteiger partial charge in [-0.2, -0.15) is 0 Å². The number of fused-ring (bicyclic) bond motifs is 1. The molecule has 0 radical (unpaired) electrons. The van der Waals surface area contributed by atoms with Crippen molar-refractivity contribution in [3.05, 3.63) is 75.9 Å². The summed E-state index contributed by atoms with van der Waals surface area (Å²) < 4.78 is 21.5. The zero-order chi connectivity index (χ0) is 28.3. The SMILES string of the molecule is COC(=O)C[C@H](c1ccc(OCC(=O)O)c(OC)c1)c1c(O)c(O)c(O)c2c(=O)cc(-c3ccccc3)oc12. The lowest BCUT2D eigenvalue weighted by Gasteiger charge is -2.22. The highest BCUT2D eigenvalue weighted by Crippen LogP contribution is 2.50. The van der Waals surface area contributed by atoms with Crippen LogP contribution in [0.5, 0.6) is 28.7 Å². The van der Waals surface area contributed by atoms with Gasteiger partial charge in [0.25, 0.3) is 0 Å². The molecule has 0 fully saturated rings. The van der Waals surface area contributed by atoms with Crippen molar-refractivity contribution in [3.8, 4) is 40.1 Å². The molecule has 39 heavy (non-hydrogen) atoms. The minimum Gasteiger partial charge on any atom is -0.504 e. The van der Waals surface area contributed by atoms with Crippen LogP contribution in [0.1, 0.15) is 23.5 Å². The van der Waals surface area contributed by atoms with Crippen LogP contribution in [0.2, 0.25) is 0 Å². The average Bonchev–Trinajstić information content (AvgIpc) is 2.94. The highest BCUT2D eigenvalue weighted by atomic mass is 16.5. The van der Waals surface area contributed by atoms with Crippen molar-refractivity contribution in [2.45, 2.75) is 12.3 Å². The lowest BCUT2D eigenvalue weighted by atomic mass is 9.86. The maximum atomic E-state index is 13.1. The van der Waals surface area contributed by atoms with E-state index in [9.17, 15) is 29.7 Å². The number of carboxylic acid groups (broad SMARTS) is 1. The number of esters is 1. The maximum absolute atomic E-state index is 13.1. The number of aromatic hydroxyl groups is 3. The molecule has 0 saturated carbocycles. The van der Waals surface area contributed by atoms with Gasteiger partial charge < -0.3 is 39.1 Å². The summed E-state index contributed by atoms with van der Waals surface area (Å²) in [6.45, 7) is -0.633. The Morgan fingerprint density at radius 2 is 1.64 bits per heavy atom. The summed E-state index contributed by atoms with van der Waals surface area (Å²) >= 11 is 0. The molecule has 3 aromatic carbocycles. The van der Waals surface area contributed by atoms with E-state index in [2.05, 4.69) is 0 Å². The molecule has 4 rings (SSSR count). The minimum atomic E-state index is -1.20. The molecule has 202 valence electrons. The molecular formula is C28H24O11. The normalized spacial score (nSPS) is 11.6. The van der Waals surface area contributed by atoms with E-state index in [1.165, 1.54) is 32.4 Å². The molecule has 0 bridgehead atoms. The molecule has 4 N–H and O–H groups in total. The summed E-state index contributed by atoms with van der Waals surface area (Å²) in [6, 6.07) is 14.1. The van der Waals surface area contributed by atoms with Crippen LogP contribution in [0, 0.1) is 0 Å². The first-order valence-electron chi connectivity index (χ1n) is 11.6. The third-order valence-electron chi connectivity index (χ3n) is 6.08. The number of phenols is 3. The summed E-state index contributed by atoms with van der Waals surface area (Å²) in [5.41, 5.74) is -0.263. The molecule has 11 nitrogen and oxygen atoms in total. The Morgan fingerprint density at radius 1 is 0.923 bits per heavy atom. The monoisotopic (exact) mass is 536 g/mol. The number of benzene rings is 3. The first kappa shape index (κ1) is 26.9. The average molecular weight is 536 g/mol. The van der Waals surface area contributed by atoms with Crippen LogP contribution in [-0.2, 0) is 14.3 Å². The Balaban J connectivity index is 2.01. The van der Waals surface area contributed by atoms with Crippen LogP contribution in [0.15, 0.2) is 63.8 Å². The number of carbonyl (C=O) groups excluding carboxylic acids is 1. The van der Waals surface area contributed by atoms with Gasteiger partial charge in [0.15, 0.2) is 35.0 Å². The van der Waals surface area contributed by atoms with Gasteiger partial charge in [0.1, 0.15) is 16.7 Å². The standard InChI is InChI=1S/C28H24O11/c1-36-20-10-15(8-9-18(20)38-13-21(30)31)16(11-22(32)37-2)23-25(33)27(35)26(34)24-17(29)12-19(39-28(23)24)14-6-4-3-5-7-14/h3-10,12,16,33-35H,11,13H2,1-2H3,(H,30,31)/t16-/m1/s1. The molecule has 1 heterocycles. The summed E-state index contributed by atoms with van der Waals surface area (Å²) in [4.78, 5) is 36.6. The van der Waals surface area contributed by atoms with Gasteiger partial charge in [-0.05, 0) is 17.7 Å². The minimum absolute atomic E-state index is 0.0981. The fourth-order valence-corrected chi connectivity index (χ4v) is 4.24. The number of aliphatic carboxylic acids is 1.